The van der Waals surface area contributed by atoms with Crippen LogP contribution in [0.2, 0.25) is 0 Å². The molecule has 0 saturated carbocycles. The van der Waals surface area contributed by atoms with Crippen LogP contribution in [-0.4, -0.2) is 31.9 Å². The minimum atomic E-state index is -3.26. The van der Waals surface area contributed by atoms with Gasteiger partial charge in [-0.3, -0.25) is 0 Å². The highest BCUT2D eigenvalue weighted by atomic mass is 32.2. The number of hydrogen-bond acceptors (Lipinski definition) is 4. The maximum Gasteiger partial charge on any atom is 0.180 e. The van der Waals surface area contributed by atoms with E-state index in [9.17, 15) is 13.5 Å². The van der Waals surface area contributed by atoms with Crippen molar-refractivity contribution in [1.82, 2.24) is 0 Å². The maximum atomic E-state index is 12.0. The van der Waals surface area contributed by atoms with Crippen LogP contribution in [-0.2, 0) is 9.84 Å². The van der Waals surface area contributed by atoms with Gasteiger partial charge in [0, 0.05) is 6.04 Å². The number of para-hydroxylation sites is 1. The molecule has 0 aromatic heterocycles. The largest absolute Gasteiger partial charge is 0.394 e. The molecule has 1 atom stereocenters. The molecule has 2 N–H and O–H groups in total. The highest BCUT2D eigenvalue weighted by molar-refractivity contribution is 7.91. The summed E-state index contributed by atoms with van der Waals surface area (Å²) in [5.74, 6) is 0.499. The van der Waals surface area contributed by atoms with Gasteiger partial charge in [0.1, 0.15) is 0 Å². The van der Waals surface area contributed by atoms with Crippen molar-refractivity contribution >= 4 is 15.5 Å². The van der Waals surface area contributed by atoms with Crippen LogP contribution in [0.15, 0.2) is 29.2 Å². The molecule has 0 radical (unpaired) electrons. The second kappa shape index (κ2) is 6.91. The Balaban J connectivity index is 3.01. The van der Waals surface area contributed by atoms with Crippen LogP contribution < -0.4 is 5.32 Å². The molecule has 0 aliphatic rings. The molecule has 108 valence electrons. The van der Waals surface area contributed by atoms with Gasteiger partial charge in [0.2, 0.25) is 0 Å². The van der Waals surface area contributed by atoms with E-state index >= 15 is 0 Å². The van der Waals surface area contributed by atoms with E-state index in [1.165, 1.54) is 0 Å². The van der Waals surface area contributed by atoms with Crippen molar-refractivity contribution in [2.45, 2.75) is 38.1 Å². The number of anilines is 1. The normalized spacial score (nSPS) is 13.5. The van der Waals surface area contributed by atoms with Gasteiger partial charge >= 0.3 is 0 Å². The molecule has 0 aliphatic carbocycles. The topological polar surface area (TPSA) is 66.4 Å². The molecular formula is C14H23NO3S. The summed E-state index contributed by atoms with van der Waals surface area (Å²) in [5, 5.41) is 12.5. The predicted molar refractivity (Wildman–Crippen MR) is 78.1 cm³/mol. The van der Waals surface area contributed by atoms with Gasteiger partial charge in [0.05, 0.1) is 22.9 Å². The molecule has 0 aliphatic heterocycles. The highest BCUT2D eigenvalue weighted by Crippen LogP contribution is 2.23. The van der Waals surface area contributed by atoms with E-state index in [2.05, 4.69) is 19.2 Å². The molecule has 0 fully saturated rings. The van der Waals surface area contributed by atoms with Crippen molar-refractivity contribution < 1.29 is 13.5 Å². The lowest BCUT2D eigenvalue weighted by Crippen LogP contribution is -2.26. The summed E-state index contributed by atoms with van der Waals surface area (Å²) in [7, 11) is -3.26. The summed E-state index contributed by atoms with van der Waals surface area (Å²) in [6.45, 7) is 5.75. The average molecular weight is 285 g/mol. The first-order valence-corrected chi connectivity index (χ1v) is 8.25. The lowest BCUT2D eigenvalue weighted by Gasteiger charge is -2.21. The summed E-state index contributed by atoms with van der Waals surface area (Å²) >= 11 is 0. The average Bonchev–Trinajstić information content (AvgIpc) is 2.38. The van der Waals surface area contributed by atoms with Crippen LogP contribution in [0.5, 0.6) is 0 Å². The predicted octanol–water partition coefficient (Wildman–Crippen LogP) is 2.30. The molecule has 19 heavy (non-hydrogen) atoms. The molecule has 4 nitrogen and oxygen atoms in total. The molecule has 1 unspecified atom stereocenters. The van der Waals surface area contributed by atoms with Crippen molar-refractivity contribution in [3.8, 4) is 0 Å². The van der Waals surface area contributed by atoms with E-state index in [4.69, 9.17) is 0 Å². The number of sulfone groups is 1. The lowest BCUT2D eigenvalue weighted by molar-refractivity contribution is 0.259. The second-order valence-corrected chi connectivity index (χ2v) is 7.30. The lowest BCUT2D eigenvalue weighted by atomic mass is 10.0. The van der Waals surface area contributed by atoms with Crippen LogP contribution in [0.4, 0.5) is 5.69 Å². The first kappa shape index (κ1) is 16.0. The van der Waals surface area contributed by atoms with E-state index in [1.54, 1.807) is 31.2 Å². The van der Waals surface area contributed by atoms with Crippen molar-refractivity contribution in [3.05, 3.63) is 24.3 Å². The number of benzene rings is 1. The van der Waals surface area contributed by atoms with Gasteiger partial charge in [0.15, 0.2) is 9.84 Å². The first-order valence-electron chi connectivity index (χ1n) is 6.59. The summed E-state index contributed by atoms with van der Waals surface area (Å²) in [6.07, 6.45) is 0.789. The summed E-state index contributed by atoms with van der Waals surface area (Å²) in [4.78, 5) is 0.305. The summed E-state index contributed by atoms with van der Waals surface area (Å²) in [6, 6.07) is 6.72. The van der Waals surface area contributed by atoms with Gasteiger partial charge in [-0.25, -0.2) is 8.42 Å². The van der Waals surface area contributed by atoms with Gasteiger partial charge in [-0.2, -0.15) is 0 Å². The number of hydrogen-bond donors (Lipinski definition) is 2. The minimum Gasteiger partial charge on any atom is -0.394 e. The SMILES string of the molecule is CCS(=O)(=O)c1ccccc1NC(CO)CC(C)C. The van der Waals surface area contributed by atoms with Crippen molar-refractivity contribution in [2.24, 2.45) is 5.92 Å². The second-order valence-electron chi connectivity index (χ2n) is 5.05. The van der Waals surface area contributed by atoms with E-state index in [1.807, 2.05) is 0 Å². The Labute approximate surface area is 115 Å². The standard InChI is InChI=1S/C14H23NO3S/c1-4-19(17,18)14-8-6-5-7-13(14)15-12(10-16)9-11(2)3/h5-8,11-12,15-16H,4,9-10H2,1-3H3. The molecule has 0 amide bonds. The highest BCUT2D eigenvalue weighted by Gasteiger charge is 2.18. The van der Waals surface area contributed by atoms with Gasteiger partial charge < -0.3 is 10.4 Å². The van der Waals surface area contributed by atoms with Gasteiger partial charge in [-0.15, -0.1) is 0 Å². The third kappa shape index (κ3) is 4.51. The first-order chi connectivity index (χ1) is 8.90. The molecule has 1 rings (SSSR count). The zero-order valence-electron chi connectivity index (χ0n) is 11.8. The van der Waals surface area contributed by atoms with Crippen molar-refractivity contribution in [3.63, 3.8) is 0 Å². The Morgan fingerprint density at radius 1 is 1.26 bits per heavy atom. The van der Waals surface area contributed by atoms with Crippen LogP contribution in [0.25, 0.3) is 0 Å². The molecule has 0 heterocycles. The summed E-state index contributed by atoms with van der Waals surface area (Å²) < 4.78 is 24.0. The molecule has 0 saturated heterocycles. The molecule has 0 bridgehead atoms. The monoisotopic (exact) mass is 285 g/mol. The van der Waals surface area contributed by atoms with E-state index in [0.29, 0.717) is 16.5 Å². The van der Waals surface area contributed by atoms with Crippen LogP contribution in [0.3, 0.4) is 0 Å². The Morgan fingerprint density at radius 3 is 2.42 bits per heavy atom. The van der Waals surface area contributed by atoms with Crippen molar-refractivity contribution in [1.29, 1.82) is 0 Å². The van der Waals surface area contributed by atoms with E-state index in [0.717, 1.165) is 6.42 Å². The smallest absolute Gasteiger partial charge is 0.180 e. The zero-order chi connectivity index (χ0) is 14.5. The Kier molecular flexibility index (Phi) is 5.82. The summed E-state index contributed by atoms with van der Waals surface area (Å²) in [5.41, 5.74) is 0.573. The zero-order valence-corrected chi connectivity index (χ0v) is 12.6. The van der Waals surface area contributed by atoms with E-state index < -0.39 is 9.84 Å². The van der Waals surface area contributed by atoms with E-state index in [-0.39, 0.29) is 18.4 Å². The Hall–Kier alpha value is -1.07. The number of aliphatic hydroxyl groups is 1. The number of aliphatic hydroxyl groups excluding tert-OH is 1. The minimum absolute atomic E-state index is 0.0152. The van der Waals surface area contributed by atoms with Crippen LogP contribution in [0.1, 0.15) is 27.2 Å². The fourth-order valence-electron chi connectivity index (χ4n) is 1.98. The fourth-order valence-corrected chi connectivity index (χ4v) is 3.04. The third-order valence-electron chi connectivity index (χ3n) is 2.94. The number of rotatable bonds is 7. The quantitative estimate of drug-likeness (QED) is 0.806. The van der Waals surface area contributed by atoms with Gasteiger partial charge in [0.25, 0.3) is 0 Å². The number of nitrogens with one attached hydrogen (secondary N) is 1. The van der Waals surface area contributed by atoms with Crippen molar-refractivity contribution in [2.75, 3.05) is 17.7 Å². The molecule has 5 heteroatoms. The molecular weight excluding hydrogens is 262 g/mol. The van der Waals surface area contributed by atoms with Crippen LogP contribution >= 0.6 is 0 Å². The maximum absolute atomic E-state index is 12.0. The molecule has 1 aromatic carbocycles. The Morgan fingerprint density at radius 2 is 1.89 bits per heavy atom. The van der Waals surface area contributed by atoms with Gasteiger partial charge in [-0.1, -0.05) is 32.9 Å². The molecule has 0 spiro atoms. The van der Waals surface area contributed by atoms with Gasteiger partial charge in [-0.05, 0) is 24.5 Å². The molecule has 1 aromatic rings. The fraction of sp³-hybridized carbons (Fsp3) is 0.571. The third-order valence-corrected chi connectivity index (χ3v) is 4.72. The van der Waals surface area contributed by atoms with Crippen LogP contribution in [0, 0.1) is 5.92 Å². The Bertz CT molecular complexity index is 497.